The molecule has 16 heavy (non-hydrogen) atoms. The lowest BCUT2D eigenvalue weighted by Gasteiger charge is -2.20. The first-order valence-electron chi connectivity index (χ1n) is 5.93. The Bertz CT molecular complexity index is 289. The summed E-state index contributed by atoms with van der Waals surface area (Å²) in [5.41, 5.74) is 0. The Labute approximate surface area is 94.8 Å². The number of carbonyl (C=O) groups excluding carboxylic acids is 1. The van der Waals surface area contributed by atoms with E-state index >= 15 is 0 Å². The summed E-state index contributed by atoms with van der Waals surface area (Å²) in [6.45, 7) is 1.36. The second-order valence-corrected chi connectivity index (χ2v) is 4.62. The van der Waals surface area contributed by atoms with E-state index in [2.05, 4.69) is 5.32 Å². The smallest absolute Gasteiger partial charge is 0.320 e. The molecular formula is C11H18N2O3. The van der Waals surface area contributed by atoms with Gasteiger partial charge in [0, 0.05) is 19.0 Å². The van der Waals surface area contributed by atoms with Gasteiger partial charge in [0.25, 0.3) is 0 Å². The van der Waals surface area contributed by atoms with Crippen LogP contribution in [0.5, 0.6) is 0 Å². The first kappa shape index (κ1) is 11.4. The van der Waals surface area contributed by atoms with Crippen LogP contribution in [-0.2, 0) is 9.59 Å². The zero-order valence-corrected chi connectivity index (χ0v) is 9.32. The standard InChI is InChI=1S/C11H18N2O3/c14-10(12-8-3-4-8)5-7-13-6-1-2-9(13)11(15)16/h8-9H,1-7H2,(H,12,14)(H,15,16). The molecule has 2 N–H and O–H groups in total. The molecule has 2 rings (SSSR count). The molecule has 0 aromatic heterocycles. The summed E-state index contributed by atoms with van der Waals surface area (Å²) in [7, 11) is 0. The van der Waals surface area contributed by atoms with Gasteiger partial charge in [-0.1, -0.05) is 0 Å². The average Bonchev–Trinajstić information content (AvgIpc) is 2.91. The number of hydrogen-bond acceptors (Lipinski definition) is 3. The van der Waals surface area contributed by atoms with Gasteiger partial charge in [-0.2, -0.15) is 0 Å². The Kier molecular flexibility index (Phi) is 3.43. The Morgan fingerprint density at radius 1 is 1.31 bits per heavy atom. The highest BCUT2D eigenvalue weighted by molar-refractivity contribution is 5.77. The van der Waals surface area contributed by atoms with Gasteiger partial charge in [0.15, 0.2) is 0 Å². The van der Waals surface area contributed by atoms with Gasteiger partial charge in [-0.3, -0.25) is 14.5 Å². The predicted octanol–water partition coefficient (Wildman–Crippen LogP) is 0.204. The van der Waals surface area contributed by atoms with Gasteiger partial charge in [0.2, 0.25) is 5.91 Å². The molecule has 5 heteroatoms. The number of nitrogens with zero attached hydrogens (tertiary/aromatic N) is 1. The number of nitrogens with one attached hydrogen (secondary N) is 1. The van der Waals surface area contributed by atoms with E-state index in [1.165, 1.54) is 0 Å². The first-order chi connectivity index (χ1) is 7.66. The third-order valence-electron chi connectivity index (χ3n) is 3.22. The van der Waals surface area contributed by atoms with Gasteiger partial charge in [-0.25, -0.2) is 0 Å². The molecule has 0 aromatic rings. The van der Waals surface area contributed by atoms with Crippen molar-refractivity contribution < 1.29 is 14.7 Å². The molecule has 1 aliphatic carbocycles. The minimum absolute atomic E-state index is 0.0542. The van der Waals surface area contributed by atoms with Gasteiger partial charge in [-0.15, -0.1) is 0 Å². The highest BCUT2D eigenvalue weighted by Gasteiger charge is 2.30. The first-order valence-corrected chi connectivity index (χ1v) is 5.93. The van der Waals surface area contributed by atoms with Crippen LogP contribution in [0.3, 0.4) is 0 Å². The summed E-state index contributed by atoms with van der Waals surface area (Å²) >= 11 is 0. The molecule has 1 amide bonds. The van der Waals surface area contributed by atoms with Crippen molar-refractivity contribution in [2.45, 2.75) is 44.2 Å². The van der Waals surface area contributed by atoms with Crippen molar-refractivity contribution in [3.05, 3.63) is 0 Å². The zero-order valence-electron chi connectivity index (χ0n) is 9.32. The number of carboxylic acid groups (broad SMARTS) is 1. The second kappa shape index (κ2) is 4.82. The van der Waals surface area contributed by atoms with Crippen molar-refractivity contribution >= 4 is 11.9 Å². The summed E-state index contributed by atoms with van der Waals surface area (Å²) in [4.78, 5) is 24.2. The van der Waals surface area contributed by atoms with Crippen molar-refractivity contribution in [2.75, 3.05) is 13.1 Å². The maximum atomic E-state index is 11.4. The molecule has 1 aliphatic heterocycles. The van der Waals surface area contributed by atoms with Crippen LogP contribution in [0.1, 0.15) is 32.1 Å². The van der Waals surface area contributed by atoms with Crippen LogP contribution in [0.25, 0.3) is 0 Å². The zero-order chi connectivity index (χ0) is 11.5. The molecule has 2 aliphatic rings. The van der Waals surface area contributed by atoms with Gasteiger partial charge in [-0.05, 0) is 32.2 Å². The number of aliphatic carboxylic acids is 1. The fraction of sp³-hybridized carbons (Fsp3) is 0.818. The quantitative estimate of drug-likeness (QED) is 0.703. The number of likely N-dealkylation sites (tertiary alicyclic amines) is 1. The number of carboxylic acids is 1. The number of amides is 1. The van der Waals surface area contributed by atoms with Crippen molar-refractivity contribution in [3.8, 4) is 0 Å². The fourth-order valence-electron chi connectivity index (χ4n) is 2.15. The van der Waals surface area contributed by atoms with Gasteiger partial charge < -0.3 is 10.4 Å². The molecule has 0 spiro atoms. The van der Waals surface area contributed by atoms with E-state index in [-0.39, 0.29) is 11.9 Å². The topological polar surface area (TPSA) is 69.6 Å². The van der Waals surface area contributed by atoms with Crippen LogP contribution in [0.15, 0.2) is 0 Å². The van der Waals surface area contributed by atoms with E-state index in [1.807, 2.05) is 4.90 Å². The molecule has 0 aromatic carbocycles. The van der Waals surface area contributed by atoms with Crippen LogP contribution in [-0.4, -0.2) is 47.1 Å². The Morgan fingerprint density at radius 2 is 2.06 bits per heavy atom. The van der Waals surface area contributed by atoms with Crippen molar-refractivity contribution in [3.63, 3.8) is 0 Å². The third-order valence-corrected chi connectivity index (χ3v) is 3.22. The van der Waals surface area contributed by atoms with Crippen LogP contribution in [0.2, 0.25) is 0 Å². The van der Waals surface area contributed by atoms with Crippen LogP contribution >= 0.6 is 0 Å². The maximum absolute atomic E-state index is 11.4. The minimum atomic E-state index is -0.764. The van der Waals surface area contributed by atoms with Crippen molar-refractivity contribution in [1.82, 2.24) is 10.2 Å². The predicted molar refractivity (Wildman–Crippen MR) is 58.0 cm³/mol. The normalized spacial score (nSPS) is 25.6. The third kappa shape index (κ3) is 2.95. The lowest BCUT2D eigenvalue weighted by Crippen LogP contribution is -2.38. The van der Waals surface area contributed by atoms with Gasteiger partial charge >= 0.3 is 5.97 Å². The highest BCUT2D eigenvalue weighted by Crippen LogP contribution is 2.19. The summed E-state index contributed by atoms with van der Waals surface area (Å²) in [6.07, 6.45) is 4.22. The highest BCUT2D eigenvalue weighted by atomic mass is 16.4. The lowest BCUT2D eigenvalue weighted by atomic mass is 10.2. The average molecular weight is 226 g/mol. The molecule has 1 heterocycles. The van der Waals surface area contributed by atoms with Crippen molar-refractivity contribution in [1.29, 1.82) is 0 Å². The Morgan fingerprint density at radius 3 is 2.69 bits per heavy atom. The largest absolute Gasteiger partial charge is 0.480 e. The van der Waals surface area contributed by atoms with E-state index in [4.69, 9.17) is 5.11 Å². The van der Waals surface area contributed by atoms with E-state index in [0.717, 1.165) is 25.8 Å². The maximum Gasteiger partial charge on any atom is 0.320 e. The molecule has 2 fully saturated rings. The second-order valence-electron chi connectivity index (χ2n) is 4.62. The van der Waals surface area contributed by atoms with E-state index in [9.17, 15) is 9.59 Å². The molecular weight excluding hydrogens is 208 g/mol. The molecule has 90 valence electrons. The number of carbonyl (C=O) groups is 2. The summed E-state index contributed by atoms with van der Waals surface area (Å²) in [5.74, 6) is -0.710. The van der Waals surface area contributed by atoms with E-state index < -0.39 is 5.97 Å². The van der Waals surface area contributed by atoms with Crippen LogP contribution < -0.4 is 5.32 Å². The minimum Gasteiger partial charge on any atom is -0.480 e. The summed E-state index contributed by atoms with van der Waals surface area (Å²) in [6, 6.07) is 0.00933. The SMILES string of the molecule is O=C(CCN1CCCC1C(=O)O)NC1CC1. The molecule has 1 saturated carbocycles. The van der Waals surface area contributed by atoms with Gasteiger partial charge in [0.05, 0.1) is 0 Å². The van der Waals surface area contributed by atoms with E-state index in [0.29, 0.717) is 25.4 Å². The van der Waals surface area contributed by atoms with Gasteiger partial charge in [0.1, 0.15) is 6.04 Å². The summed E-state index contributed by atoms with van der Waals surface area (Å²) < 4.78 is 0. The molecule has 1 unspecified atom stereocenters. The van der Waals surface area contributed by atoms with E-state index in [1.54, 1.807) is 0 Å². The Hall–Kier alpha value is -1.10. The molecule has 0 bridgehead atoms. The van der Waals surface area contributed by atoms with Crippen molar-refractivity contribution in [2.24, 2.45) is 0 Å². The fourth-order valence-corrected chi connectivity index (χ4v) is 2.15. The molecule has 1 saturated heterocycles. The number of rotatable bonds is 5. The molecule has 1 atom stereocenters. The molecule has 0 radical (unpaired) electrons. The Balaban J connectivity index is 1.71. The monoisotopic (exact) mass is 226 g/mol. The molecule has 5 nitrogen and oxygen atoms in total. The van der Waals surface area contributed by atoms with Crippen LogP contribution in [0.4, 0.5) is 0 Å². The summed E-state index contributed by atoms with van der Waals surface area (Å²) in [5, 5.41) is 11.9. The lowest BCUT2D eigenvalue weighted by molar-refractivity contribution is -0.142. The number of hydrogen-bond donors (Lipinski definition) is 2. The van der Waals surface area contributed by atoms with Crippen LogP contribution in [0, 0.1) is 0 Å².